The lowest BCUT2D eigenvalue weighted by Gasteiger charge is -2.13. The van der Waals surface area contributed by atoms with E-state index in [0.29, 0.717) is 6.61 Å². The summed E-state index contributed by atoms with van der Waals surface area (Å²) in [5, 5.41) is 4.13. The van der Waals surface area contributed by atoms with E-state index in [-0.39, 0.29) is 12.4 Å². The van der Waals surface area contributed by atoms with Crippen molar-refractivity contribution < 1.29 is 21.9 Å². The van der Waals surface area contributed by atoms with Gasteiger partial charge in [-0.1, -0.05) is 29.8 Å². The maximum Gasteiger partial charge on any atom is 0.161 e. The molecule has 0 spiro atoms. The van der Waals surface area contributed by atoms with E-state index < -0.39 is 0 Å². The molecule has 0 amide bonds. The van der Waals surface area contributed by atoms with Crippen LogP contribution in [0.3, 0.4) is 0 Å². The third-order valence-corrected chi connectivity index (χ3v) is 4.20. The summed E-state index contributed by atoms with van der Waals surface area (Å²) in [6.45, 7) is 2.00. The number of hydrogen-bond donors (Lipinski definition) is 1. The largest absolute Gasteiger partial charge is 1.00 e. The van der Waals surface area contributed by atoms with Crippen molar-refractivity contribution in [2.45, 2.75) is 19.7 Å². The molecule has 0 saturated carbocycles. The van der Waals surface area contributed by atoms with Gasteiger partial charge in [0.15, 0.2) is 11.5 Å². The molecular weight excluding hydrogens is 383 g/mol. The predicted octanol–water partition coefficient (Wildman–Crippen LogP) is 1.62. The van der Waals surface area contributed by atoms with Crippen molar-refractivity contribution >= 4 is 11.6 Å². The molecule has 2 aromatic carbocycles. The second-order valence-electron chi connectivity index (χ2n) is 5.86. The molecule has 0 aliphatic heterocycles. The van der Waals surface area contributed by atoms with Crippen LogP contribution in [0.2, 0.25) is 5.02 Å². The lowest BCUT2D eigenvalue weighted by molar-refractivity contribution is -0.00000581. The Balaban J connectivity index is 0.00000261. The van der Waals surface area contributed by atoms with Gasteiger partial charge < -0.3 is 27.2 Å². The average molecular weight is 404 g/mol. The Bertz CT molecular complexity index is 827. The first-order valence-electron chi connectivity index (χ1n) is 8.38. The standard InChI is InChI=1S/C21H21ClN2O2.ClH/c1-25-21-12-18(14-24-13-16-8-10-23-11-9-16)4-7-20(21)26-15-17-2-5-19(22)6-3-17;/h2-12,24H,13-15H2,1H3;1H/p-1. The summed E-state index contributed by atoms with van der Waals surface area (Å²) < 4.78 is 11.4. The quantitative estimate of drug-likeness (QED) is 0.620. The minimum Gasteiger partial charge on any atom is -1.00 e. The highest BCUT2D eigenvalue weighted by atomic mass is 35.5. The summed E-state index contributed by atoms with van der Waals surface area (Å²) in [5.41, 5.74) is 3.39. The normalized spacial score (nSPS) is 10.1. The summed E-state index contributed by atoms with van der Waals surface area (Å²) in [5.74, 6) is 1.45. The number of benzene rings is 2. The smallest absolute Gasteiger partial charge is 0.161 e. The van der Waals surface area contributed by atoms with Crippen molar-refractivity contribution in [3.05, 3.63) is 88.7 Å². The lowest BCUT2D eigenvalue weighted by Crippen LogP contribution is -3.00. The van der Waals surface area contributed by atoms with Crippen LogP contribution in [0.1, 0.15) is 16.7 Å². The Labute approximate surface area is 170 Å². The molecule has 1 aromatic heterocycles. The zero-order chi connectivity index (χ0) is 18.2. The van der Waals surface area contributed by atoms with Crippen molar-refractivity contribution in [2.24, 2.45) is 0 Å². The van der Waals surface area contributed by atoms with Crippen LogP contribution in [0.4, 0.5) is 0 Å². The average Bonchev–Trinajstić information content (AvgIpc) is 2.69. The molecule has 4 nitrogen and oxygen atoms in total. The lowest BCUT2D eigenvalue weighted by atomic mass is 10.2. The van der Waals surface area contributed by atoms with Gasteiger partial charge in [-0.25, -0.2) is 0 Å². The van der Waals surface area contributed by atoms with E-state index in [1.807, 2.05) is 54.6 Å². The minimum absolute atomic E-state index is 0. The van der Waals surface area contributed by atoms with Gasteiger partial charge in [0.2, 0.25) is 0 Å². The van der Waals surface area contributed by atoms with Gasteiger partial charge in [0.05, 0.1) is 7.11 Å². The SMILES string of the molecule is COc1cc(CNCc2ccncc2)ccc1OCc1ccc(Cl)cc1.[Cl-]. The molecule has 1 N–H and O–H groups in total. The molecule has 142 valence electrons. The molecule has 0 radical (unpaired) electrons. The highest BCUT2D eigenvalue weighted by Gasteiger charge is 2.06. The van der Waals surface area contributed by atoms with E-state index in [1.165, 1.54) is 5.56 Å². The fourth-order valence-electron chi connectivity index (χ4n) is 2.53. The Hall–Kier alpha value is -2.27. The highest BCUT2D eigenvalue weighted by Crippen LogP contribution is 2.29. The fraction of sp³-hybridized carbons (Fsp3) is 0.190. The van der Waals surface area contributed by atoms with Crippen molar-refractivity contribution in [1.82, 2.24) is 10.3 Å². The van der Waals surface area contributed by atoms with Crippen LogP contribution in [-0.2, 0) is 19.7 Å². The first-order chi connectivity index (χ1) is 12.7. The number of nitrogens with one attached hydrogen (secondary N) is 1. The molecule has 0 unspecified atom stereocenters. The second-order valence-corrected chi connectivity index (χ2v) is 6.30. The molecule has 0 saturated heterocycles. The molecule has 27 heavy (non-hydrogen) atoms. The van der Waals surface area contributed by atoms with Crippen molar-refractivity contribution in [3.8, 4) is 11.5 Å². The maximum absolute atomic E-state index is 5.90. The number of halogens is 2. The summed E-state index contributed by atoms with van der Waals surface area (Å²) in [6, 6.07) is 17.6. The molecular formula is C21H21Cl2N2O2-. The van der Waals surface area contributed by atoms with E-state index in [9.17, 15) is 0 Å². The number of nitrogens with zero attached hydrogens (tertiary/aromatic N) is 1. The second kappa shape index (κ2) is 10.8. The number of hydrogen-bond acceptors (Lipinski definition) is 4. The molecule has 0 aliphatic rings. The van der Waals surface area contributed by atoms with Gasteiger partial charge in [-0.15, -0.1) is 0 Å². The van der Waals surface area contributed by atoms with Gasteiger partial charge in [0, 0.05) is 30.5 Å². The first kappa shape index (κ1) is 21.0. The highest BCUT2D eigenvalue weighted by molar-refractivity contribution is 6.30. The van der Waals surface area contributed by atoms with E-state index >= 15 is 0 Å². The first-order valence-corrected chi connectivity index (χ1v) is 8.76. The van der Waals surface area contributed by atoms with Gasteiger partial charge in [-0.3, -0.25) is 4.98 Å². The fourth-order valence-corrected chi connectivity index (χ4v) is 2.66. The number of ether oxygens (including phenoxy) is 2. The molecule has 0 aliphatic carbocycles. The van der Waals surface area contributed by atoms with Gasteiger partial charge in [0.25, 0.3) is 0 Å². The number of methoxy groups -OCH3 is 1. The van der Waals surface area contributed by atoms with Crippen molar-refractivity contribution in [1.29, 1.82) is 0 Å². The Morgan fingerprint density at radius 1 is 0.852 bits per heavy atom. The molecule has 0 fully saturated rings. The Morgan fingerprint density at radius 2 is 1.52 bits per heavy atom. The summed E-state index contributed by atoms with van der Waals surface area (Å²) in [7, 11) is 1.65. The summed E-state index contributed by atoms with van der Waals surface area (Å²) in [6.07, 6.45) is 3.60. The topological polar surface area (TPSA) is 43.4 Å². The summed E-state index contributed by atoms with van der Waals surface area (Å²) in [4.78, 5) is 4.02. The van der Waals surface area contributed by atoms with E-state index in [4.69, 9.17) is 21.1 Å². The predicted molar refractivity (Wildman–Crippen MR) is 104 cm³/mol. The monoisotopic (exact) mass is 403 g/mol. The Morgan fingerprint density at radius 3 is 2.22 bits per heavy atom. The molecule has 3 rings (SSSR count). The van der Waals surface area contributed by atoms with Crippen molar-refractivity contribution in [3.63, 3.8) is 0 Å². The number of aromatic nitrogens is 1. The zero-order valence-corrected chi connectivity index (χ0v) is 16.5. The van der Waals surface area contributed by atoms with Gasteiger partial charge >= 0.3 is 0 Å². The molecule has 3 aromatic rings. The Kier molecular flexibility index (Phi) is 8.40. The van der Waals surface area contributed by atoms with E-state index in [2.05, 4.69) is 10.3 Å². The third kappa shape index (κ3) is 6.43. The zero-order valence-electron chi connectivity index (χ0n) is 15.0. The number of rotatable bonds is 8. The van der Waals surface area contributed by atoms with E-state index in [1.54, 1.807) is 19.5 Å². The van der Waals surface area contributed by atoms with Crippen LogP contribution in [0.15, 0.2) is 67.0 Å². The van der Waals surface area contributed by atoms with Gasteiger partial charge in [0.1, 0.15) is 6.61 Å². The van der Waals surface area contributed by atoms with Gasteiger partial charge in [-0.05, 0) is 53.1 Å². The van der Waals surface area contributed by atoms with Gasteiger partial charge in [-0.2, -0.15) is 0 Å². The molecule has 6 heteroatoms. The molecule has 0 bridgehead atoms. The van der Waals surface area contributed by atoms with Crippen LogP contribution in [0.25, 0.3) is 0 Å². The van der Waals surface area contributed by atoms with Crippen LogP contribution in [-0.4, -0.2) is 12.1 Å². The maximum atomic E-state index is 5.90. The van der Waals surface area contributed by atoms with Crippen LogP contribution in [0.5, 0.6) is 11.5 Å². The number of pyridine rings is 1. The summed E-state index contributed by atoms with van der Waals surface area (Å²) >= 11 is 5.90. The van der Waals surface area contributed by atoms with Crippen LogP contribution in [0, 0.1) is 0 Å². The van der Waals surface area contributed by atoms with E-state index in [0.717, 1.165) is 40.7 Å². The van der Waals surface area contributed by atoms with Crippen LogP contribution >= 0.6 is 11.6 Å². The third-order valence-electron chi connectivity index (χ3n) is 3.94. The molecule has 0 atom stereocenters. The van der Waals surface area contributed by atoms with Crippen LogP contribution < -0.4 is 27.2 Å². The minimum atomic E-state index is 0. The van der Waals surface area contributed by atoms with Crippen molar-refractivity contribution in [2.75, 3.05) is 7.11 Å². The molecule has 1 heterocycles.